The number of hydrogen-bond acceptors (Lipinski definition) is 7. The second-order valence-electron chi connectivity index (χ2n) is 6.90. The third kappa shape index (κ3) is 3.82. The van der Waals surface area contributed by atoms with Crippen molar-refractivity contribution in [3.05, 3.63) is 62.9 Å². The summed E-state index contributed by atoms with van der Waals surface area (Å²) >= 11 is 1.62. The number of aryl methyl sites for hydroxylation is 2. The number of thiazole rings is 1. The van der Waals surface area contributed by atoms with Crippen molar-refractivity contribution in [1.29, 1.82) is 0 Å². The van der Waals surface area contributed by atoms with E-state index in [0.29, 0.717) is 22.5 Å². The van der Waals surface area contributed by atoms with Crippen molar-refractivity contribution < 1.29 is 19.1 Å². The van der Waals surface area contributed by atoms with E-state index in [4.69, 9.17) is 9.47 Å². The Bertz CT molecular complexity index is 991. The Morgan fingerprint density at radius 1 is 1.00 bits per heavy atom. The van der Waals surface area contributed by atoms with Gasteiger partial charge in [-0.1, -0.05) is 18.2 Å². The molecule has 0 radical (unpaired) electrons. The predicted octanol–water partition coefficient (Wildman–Crippen LogP) is 4.01. The van der Waals surface area contributed by atoms with E-state index >= 15 is 0 Å². The molecule has 1 aromatic heterocycles. The second-order valence-corrected chi connectivity index (χ2v) is 8.11. The minimum atomic E-state index is -0.599. The van der Waals surface area contributed by atoms with Gasteiger partial charge in [0.05, 0.1) is 37.0 Å². The number of rotatable bonds is 4. The van der Waals surface area contributed by atoms with Crippen molar-refractivity contribution in [2.75, 3.05) is 14.2 Å². The van der Waals surface area contributed by atoms with Crippen molar-refractivity contribution in [1.82, 2.24) is 10.3 Å². The number of hydrogen-bond donors (Lipinski definition) is 1. The molecule has 2 heterocycles. The van der Waals surface area contributed by atoms with Crippen molar-refractivity contribution in [3.63, 3.8) is 0 Å². The highest BCUT2D eigenvalue weighted by Crippen LogP contribution is 2.40. The molecule has 0 amide bonds. The summed E-state index contributed by atoms with van der Waals surface area (Å²) in [5, 5.41) is 4.01. The molecule has 6 nitrogen and oxygen atoms in total. The smallest absolute Gasteiger partial charge is 0.336 e. The number of aromatic nitrogens is 1. The van der Waals surface area contributed by atoms with Gasteiger partial charge in [-0.3, -0.25) is 0 Å². The fourth-order valence-corrected chi connectivity index (χ4v) is 4.45. The predicted molar refractivity (Wildman–Crippen MR) is 112 cm³/mol. The number of dihydropyridines is 1. The highest BCUT2D eigenvalue weighted by molar-refractivity contribution is 7.15. The standard InChI is InChI=1S/C22H24N2O4S/c1-11-14(4)29-20(24-11)16-9-7-8-15(10-16)19-17(21(25)27-5)12(2)23-13(3)18(19)22(26)28-6/h7-10,19,23H,1-6H3. The number of nitrogens with zero attached hydrogens (tertiary/aromatic N) is 1. The molecular formula is C22H24N2O4S. The molecule has 1 aliphatic heterocycles. The van der Waals surface area contributed by atoms with Crippen LogP contribution in [0.15, 0.2) is 46.8 Å². The minimum Gasteiger partial charge on any atom is -0.466 e. The van der Waals surface area contributed by atoms with Crippen LogP contribution in [0, 0.1) is 13.8 Å². The molecule has 152 valence electrons. The summed E-state index contributed by atoms with van der Waals surface area (Å²) in [5.74, 6) is -1.57. The lowest BCUT2D eigenvalue weighted by molar-refractivity contribution is -0.137. The van der Waals surface area contributed by atoms with Gasteiger partial charge in [-0.25, -0.2) is 14.6 Å². The lowest BCUT2D eigenvalue weighted by Gasteiger charge is -2.30. The van der Waals surface area contributed by atoms with Gasteiger partial charge < -0.3 is 14.8 Å². The molecule has 0 saturated heterocycles. The summed E-state index contributed by atoms with van der Waals surface area (Å²) in [7, 11) is 2.67. The van der Waals surface area contributed by atoms with E-state index in [9.17, 15) is 9.59 Å². The van der Waals surface area contributed by atoms with Gasteiger partial charge in [0.2, 0.25) is 0 Å². The number of benzene rings is 1. The Balaban J connectivity index is 2.20. The summed E-state index contributed by atoms with van der Waals surface area (Å²) in [6, 6.07) is 7.76. The SMILES string of the molecule is COC(=O)C1=C(C)NC(C)=C(C(=O)OC)C1c1cccc(-c2nc(C)c(C)s2)c1. The highest BCUT2D eigenvalue weighted by Gasteiger charge is 2.37. The number of carbonyl (C=O) groups is 2. The summed E-state index contributed by atoms with van der Waals surface area (Å²) in [6.07, 6.45) is 0. The first kappa shape index (κ1) is 20.8. The average molecular weight is 413 g/mol. The maximum atomic E-state index is 12.6. The fraction of sp³-hybridized carbons (Fsp3) is 0.318. The summed E-state index contributed by atoms with van der Waals surface area (Å²) in [5.41, 5.74) is 4.82. The average Bonchev–Trinajstić information content (AvgIpc) is 3.05. The zero-order valence-corrected chi connectivity index (χ0v) is 18.2. The van der Waals surface area contributed by atoms with Crippen LogP contribution in [-0.2, 0) is 19.1 Å². The zero-order chi connectivity index (χ0) is 21.3. The third-order valence-electron chi connectivity index (χ3n) is 5.07. The van der Waals surface area contributed by atoms with Crippen LogP contribution < -0.4 is 5.32 Å². The Labute approximate surface area is 174 Å². The maximum absolute atomic E-state index is 12.6. The van der Waals surface area contributed by atoms with Crippen LogP contribution in [0.1, 0.15) is 35.9 Å². The van der Waals surface area contributed by atoms with Crippen LogP contribution in [0.5, 0.6) is 0 Å². The largest absolute Gasteiger partial charge is 0.466 e. The van der Waals surface area contributed by atoms with E-state index in [1.807, 2.05) is 38.1 Å². The molecule has 0 unspecified atom stereocenters. The van der Waals surface area contributed by atoms with Crippen molar-refractivity contribution >= 4 is 23.3 Å². The molecule has 2 aromatic rings. The molecule has 0 spiro atoms. The van der Waals surface area contributed by atoms with Crippen LogP contribution >= 0.6 is 11.3 Å². The number of methoxy groups -OCH3 is 2. The molecule has 7 heteroatoms. The molecule has 0 saturated carbocycles. The molecule has 0 bridgehead atoms. The first-order chi connectivity index (χ1) is 13.8. The van der Waals surface area contributed by atoms with Crippen LogP contribution in [-0.4, -0.2) is 31.1 Å². The van der Waals surface area contributed by atoms with Crippen molar-refractivity contribution in [3.8, 4) is 10.6 Å². The topological polar surface area (TPSA) is 77.5 Å². The van der Waals surface area contributed by atoms with E-state index in [0.717, 1.165) is 26.7 Å². The Kier molecular flexibility index (Phi) is 5.88. The first-order valence-electron chi connectivity index (χ1n) is 9.18. The molecule has 1 aliphatic rings. The molecule has 1 N–H and O–H groups in total. The van der Waals surface area contributed by atoms with E-state index < -0.39 is 17.9 Å². The van der Waals surface area contributed by atoms with Gasteiger partial charge in [0, 0.05) is 21.8 Å². The monoisotopic (exact) mass is 412 g/mol. The second kappa shape index (κ2) is 8.21. The number of carbonyl (C=O) groups excluding carboxylic acids is 2. The van der Waals surface area contributed by atoms with Gasteiger partial charge in [0.25, 0.3) is 0 Å². The van der Waals surface area contributed by atoms with Gasteiger partial charge in [0.15, 0.2) is 0 Å². The minimum absolute atomic E-state index is 0.391. The van der Waals surface area contributed by atoms with E-state index in [1.54, 1.807) is 25.2 Å². The quantitative estimate of drug-likeness (QED) is 0.765. The summed E-state index contributed by atoms with van der Waals surface area (Å²) in [6.45, 7) is 7.62. The maximum Gasteiger partial charge on any atom is 0.336 e. The van der Waals surface area contributed by atoms with E-state index in [1.165, 1.54) is 14.2 Å². The Hall–Kier alpha value is -2.93. The summed E-state index contributed by atoms with van der Waals surface area (Å²) < 4.78 is 10.0. The molecular weight excluding hydrogens is 388 g/mol. The molecule has 0 fully saturated rings. The Morgan fingerprint density at radius 2 is 1.59 bits per heavy atom. The molecule has 29 heavy (non-hydrogen) atoms. The van der Waals surface area contributed by atoms with Crippen LogP contribution in [0.25, 0.3) is 10.6 Å². The third-order valence-corrected chi connectivity index (χ3v) is 6.19. The molecule has 1 aromatic carbocycles. The normalized spacial score (nSPS) is 14.7. The van der Waals surface area contributed by atoms with Gasteiger partial charge in [0.1, 0.15) is 5.01 Å². The van der Waals surface area contributed by atoms with E-state index in [2.05, 4.69) is 10.3 Å². The van der Waals surface area contributed by atoms with E-state index in [-0.39, 0.29) is 0 Å². The molecule has 0 aliphatic carbocycles. The highest BCUT2D eigenvalue weighted by atomic mass is 32.1. The molecule has 3 rings (SSSR count). The van der Waals surface area contributed by atoms with Gasteiger partial charge >= 0.3 is 11.9 Å². The number of esters is 2. The number of nitrogens with one attached hydrogen (secondary N) is 1. The van der Waals surface area contributed by atoms with Crippen molar-refractivity contribution in [2.24, 2.45) is 0 Å². The summed E-state index contributed by atoms with van der Waals surface area (Å²) in [4.78, 5) is 31.0. The molecule has 0 atom stereocenters. The first-order valence-corrected chi connectivity index (χ1v) is 9.99. The van der Waals surface area contributed by atoms with Gasteiger partial charge in [-0.05, 0) is 39.3 Å². The zero-order valence-electron chi connectivity index (χ0n) is 17.4. The van der Waals surface area contributed by atoms with Crippen LogP contribution in [0.2, 0.25) is 0 Å². The Morgan fingerprint density at radius 3 is 2.07 bits per heavy atom. The van der Waals surface area contributed by atoms with Crippen molar-refractivity contribution in [2.45, 2.75) is 33.6 Å². The number of ether oxygens (including phenoxy) is 2. The van der Waals surface area contributed by atoms with Crippen LogP contribution in [0.3, 0.4) is 0 Å². The number of allylic oxidation sites excluding steroid dienone is 2. The van der Waals surface area contributed by atoms with Crippen LogP contribution in [0.4, 0.5) is 0 Å². The fourth-order valence-electron chi connectivity index (χ4n) is 3.54. The lowest BCUT2D eigenvalue weighted by Crippen LogP contribution is -2.32. The van der Waals surface area contributed by atoms with Gasteiger partial charge in [-0.2, -0.15) is 0 Å². The van der Waals surface area contributed by atoms with Gasteiger partial charge in [-0.15, -0.1) is 11.3 Å². The lowest BCUT2D eigenvalue weighted by atomic mass is 9.80.